The lowest BCUT2D eigenvalue weighted by atomic mass is 10.1. The second-order valence-electron chi connectivity index (χ2n) is 3.40. The molecular formula is C12H15N3O. The van der Waals surface area contributed by atoms with Crippen LogP contribution in [0.4, 0.5) is 0 Å². The van der Waals surface area contributed by atoms with E-state index in [0.717, 1.165) is 11.1 Å². The zero-order valence-corrected chi connectivity index (χ0v) is 9.21. The summed E-state index contributed by atoms with van der Waals surface area (Å²) in [7, 11) is 0. The molecule has 1 rings (SSSR count). The molecule has 0 radical (unpaired) electrons. The maximum Gasteiger partial charge on any atom is 0.251 e. The molecule has 0 saturated carbocycles. The molecule has 0 unspecified atom stereocenters. The Morgan fingerprint density at radius 3 is 2.81 bits per heavy atom. The van der Waals surface area contributed by atoms with Crippen molar-refractivity contribution in [1.29, 1.82) is 0 Å². The molecule has 0 spiro atoms. The van der Waals surface area contributed by atoms with E-state index in [1.807, 2.05) is 13.0 Å². The number of rotatable bonds is 3. The van der Waals surface area contributed by atoms with E-state index in [9.17, 15) is 4.79 Å². The second kappa shape index (κ2) is 5.79. The van der Waals surface area contributed by atoms with Gasteiger partial charge in [-0.15, -0.1) is 0 Å². The van der Waals surface area contributed by atoms with Gasteiger partial charge >= 0.3 is 0 Å². The molecule has 0 aromatic heterocycles. The van der Waals surface area contributed by atoms with Gasteiger partial charge in [0.1, 0.15) is 0 Å². The molecule has 0 aliphatic heterocycles. The molecule has 1 amide bonds. The Labute approximate surface area is 95.0 Å². The average Bonchev–Trinajstić information content (AvgIpc) is 2.25. The fraction of sp³-hybridized carbons (Fsp3) is 0.250. The fourth-order valence-electron chi connectivity index (χ4n) is 1.36. The summed E-state index contributed by atoms with van der Waals surface area (Å²) in [5.41, 5.74) is 12.7. The van der Waals surface area contributed by atoms with Gasteiger partial charge in [0.15, 0.2) is 0 Å². The van der Waals surface area contributed by atoms with E-state index in [2.05, 4.69) is 17.3 Å². The van der Waals surface area contributed by atoms with Crippen molar-refractivity contribution in [2.24, 2.45) is 11.5 Å². The number of carbonyl (C=O) groups excluding carboxylic acids is 1. The van der Waals surface area contributed by atoms with E-state index >= 15 is 0 Å². The van der Waals surface area contributed by atoms with Gasteiger partial charge in [-0.2, -0.15) is 0 Å². The summed E-state index contributed by atoms with van der Waals surface area (Å²) < 4.78 is 0. The van der Waals surface area contributed by atoms with E-state index in [-0.39, 0.29) is 5.91 Å². The number of hydrogen-bond acceptors (Lipinski definition) is 3. The predicted octanol–water partition coefficient (Wildman–Crippen LogP) is -0.0488. The van der Waals surface area contributed by atoms with Crippen molar-refractivity contribution < 1.29 is 4.79 Å². The van der Waals surface area contributed by atoms with Crippen molar-refractivity contribution in [1.82, 2.24) is 5.32 Å². The number of aryl methyl sites for hydroxylation is 1. The third-order valence-corrected chi connectivity index (χ3v) is 1.99. The highest BCUT2D eigenvalue weighted by molar-refractivity contribution is 5.94. The topological polar surface area (TPSA) is 81.1 Å². The molecule has 1 aromatic rings. The van der Waals surface area contributed by atoms with E-state index in [1.165, 1.54) is 0 Å². The molecule has 4 nitrogen and oxygen atoms in total. The third kappa shape index (κ3) is 3.30. The van der Waals surface area contributed by atoms with Gasteiger partial charge in [-0.05, 0) is 36.6 Å². The summed E-state index contributed by atoms with van der Waals surface area (Å²) in [5.74, 6) is 2.58. The first-order valence-electron chi connectivity index (χ1n) is 4.99. The van der Waals surface area contributed by atoms with E-state index in [0.29, 0.717) is 18.7 Å². The minimum Gasteiger partial charge on any atom is -0.359 e. The number of benzene rings is 1. The predicted molar refractivity (Wildman–Crippen MR) is 63.6 cm³/mol. The Morgan fingerprint density at radius 2 is 2.19 bits per heavy atom. The van der Waals surface area contributed by atoms with Gasteiger partial charge in [-0.1, -0.05) is 0 Å². The van der Waals surface area contributed by atoms with Crippen LogP contribution in [0.2, 0.25) is 0 Å². The fourth-order valence-corrected chi connectivity index (χ4v) is 1.36. The van der Waals surface area contributed by atoms with Crippen LogP contribution in [0.15, 0.2) is 18.2 Å². The van der Waals surface area contributed by atoms with Gasteiger partial charge in [-0.3, -0.25) is 4.79 Å². The molecular weight excluding hydrogens is 202 g/mol. The van der Waals surface area contributed by atoms with Gasteiger partial charge in [-0.25, -0.2) is 0 Å². The maximum absolute atomic E-state index is 11.7. The van der Waals surface area contributed by atoms with Crippen molar-refractivity contribution in [2.75, 3.05) is 13.1 Å². The highest BCUT2D eigenvalue weighted by atomic mass is 16.1. The van der Waals surface area contributed by atoms with Gasteiger partial charge in [0.25, 0.3) is 5.91 Å². The SMILES string of the molecule is Cc1cc(C#CN)cc(C(=O)NCCN)c1. The van der Waals surface area contributed by atoms with Gasteiger partial charge < -0.3 is 16.8 Å². The first-order valence-corrected chi connectivity index (χ1v) is 4.99. The molecule has 0 atom stereocenters. The van der Waals surface area contributed by atoms with Gasteiger partial charge in [0.2, 0.25) is 0 Å². The average molecular weight is 217 g/mol. The number of nitrogens with two attached hydrogens (primary N) is 2. The maximum atomic E-state index is 11.7. The molecule has 0 bridgehead atoms. The molecule has 0 aliphatic carbocycles. The largest absolute Gasteiger partial charge is 0.359 e. The highest BCUT2D eigenvalue weighted by Crippen LogP contribution is 2.08. The van der Waals surface area contributed by atoms with Gasteiger partial charge in [0, 0.05) is 30.3 Å². The lowest BCUT2D eigenvalue weighted by Crippen LogP contribution is -2.29. The van der Waals surface area contributed by atoms with Crippen LogP contribution < -0.4 is 16.8 Å². The quantitative estimate of drug-likeness (QED) is 0.490. The molecule has 0 saturated heterocycles. The number of nitrogens with one attached hydrogen (secondary N) is 1. The molecule has 0 heterocycles. The lowest BCUT2D eigenvalue weighted by Gasteiger charge is -2.05. The zero-order valence-electron chi connectivity index (χ0n) is 9.21. The molecule has 4 heteroatoms. The van der Waals surface area contributed by atoms with E-state index in [4.69, 9.17) is 11.5 Å². The lowest BCUT2D eigenvalue weighted by molar-refractivity contribution is 0.0954. The third-order valence-electron chi connectivity index (χ3n) is 1.99. The van der Waals surface area contributed by atoms with E-state index < -0.39 is 0 Å². The van der Waals surface area contributed by atoms with Crippen molar-refractivity contribution in [3.63, 3.8) is 0 Å². The van der Waals surface area contributed by atoms with Crippen LogP contribution in [-0.4, -0.2) is 19.0 Å². The number of carbonyl (C=O) groups is 1. The smallest absolute Gasteiger partial charge is 0.251 e. The molecule has 0 fully saturated rings. The second-order valence-corrected chi connectivity index (χ2v) is 3.40. The molecule has 1 aromatic carbocycles. The summed E-state index contributed by atoms with van der Waals surface area (Å²) in [6, 6.07) is 7.70. The Hall–Kier alpha value is -1.99. The minimum absolute atomic E-state index is 0.144. The van der Waals surface area contributed by atoms with Gasteiger partial charge in [0.05, 0.1) is 0 Å². The molecule has 0 aliphatic rings. The summed E-state index contributed by atoms with van der Waals surface area (Å²) in [5, 5.41) is 2.70. The minimum atomic E-state index is -0.144. The summed E-state index contributed by atoms with van der Waals surface area (Å²) >= 11 is 0. The Kier molecular flexibility index (Phi) is 4.37. The van der Waals surface area contributed by atoms with Crippen molar-refractivity contribution in [3.05, 3.63) is 34.9 Å². The number of amides is 1. The van der Waals surface area contributed by atoms with Crippen molar-refractivity contribution in [3.8, 4) is 12.0 Å². The first kappa shape index (κ1) is 12.1. The summed E-state index contributed by atoms with van der Waals surface area (Å²) in [4.78, 5) is 11.7. The normalized spacial score (nSPS) is 9.12. The number of hydrogen-bond donors (Lipinski definition) is 3. The van der Waals surface area contributed by atoms with Crippen LogP contribution in [0.25, 0.3) is 0 Å². The molecule has 84 valence electrons. The monoisotopic (exact) mass is 217 g/mol. The van der Waals surface area contributed by atoms with Crippen LogP contribution >= 0.6 is 0 Å². The zero-order chi connectivity index (χ0) is 12.0. The van der Waals surface area contributed by atoms with Crippen LogP contribution in [0.5, 0.6) is 0 Å². The van der Waals surface area contributed by atoms with E-state index in [1.54, 1.807) is 12.1 Å². The first-order chi connectivity index (χ1) is 7.67. The summed E-state index contributed by atoms with van der Waals surface area (Å²) in [6.45, 7) is 2.79. The van der Waals surface area contributed by atoms with Crippen LogP contribution in [-0.2, 0) is 0 Å². The van der Waals surface area contributed by atoms with Crippen LogP contribution in [0, 0.1) is 18.9 Å². The van der Waals surface area contributed by atoms with Crippen molar-refractivity contribution in [2.45, 2.75) is 6.92 Å². The van der Waals surface area contributed by atoms with Crippen LogP contribution in [0.1, 0.15) is 21.5 Å². The standard InChI is InChI=1S/C12H15N3O/c1-9-6-10(2-3-13)8-11(7-9)12(16)15-5-4-14/h6-8H,4-5,13-14H2,1H3,(H,15,16). The molecule has 5 N–H and O–H groups in total. The summed E-state index contributed by atoms with van der Waals surface area (Å²) in [6.07, 6.45) is 0. The highest BCUT2D eigenvalue weighted by Gasteiger charge is 2.05. The Bertz CT molecular complexity index is 443. The Morgan fingerprint density at radius 1 is 1.44 bits per heavy atom. The Balaban J connectivity index is 2.94. The van der Waals surface area contributed by atoms with Crippen molar-refractivity contribution >= 4 is 5.91 Å². The van der Waals surface area contributed by atoms with Crippen LogP contribution in [0.3, 0.4) is 0 Å². The molecule has 16 heavy (non-hydrogen) atoms.